The van der Waals surface area contributed by atoms with Crippen molar-refractivity contribution in [2.45, 2.75) is 6.18 Å². The molecule has 2 heterocycles. The fourth-order valence-corrected chi connectivity index (χ4v) is 3.81. The highest BCUT2D eigenvalue weighted by Crippen LogP contribution is 2.32. The Morgan fingerprint density at radius 1 is 0.833 bits per heavy atom. The number of nitrogens with one attached hydrogen (secondary N) is 1. The molecule has 0 unspecified atom stereocenters. The number of amides is 3. The van der Waals surface area contributed by atoms with Crippen LogP contribution in [0.3, 0.4) is 0 Å². The van der Waals surface area contributed by atoms with Crippen LogP contribution in [0, 0.1) is 0 Å². The molecule has 1 saturated heterocycles. The second-order valence-corrected chi connectivity index (χ2v) is 8.05. The van der Waals surface area contributed by atoms with Crippen LogP contribution in [0.15, 0.2) is 67.0 Å². The molecule has 0 spiro atoms. The molecule has 0 atom stereocenters. The normalized spacial score (nSPS) is 13.9. The summed E-state index contributed by atoms with van der Waals surface area (Å²) in [7, 11) is 0. The highest BCUT2D eigenvalue weighted by molar-refractivity contribution is 5.96. The van der Waals surface area contributed by atoms with Gasteiger partial charge in [0.25, 0.3) is 11.8 Å². The van der Waals surface area contributed by atoms with Gasteiger partial charge in [0.15, 0.2) is 0 Å². The van der Waals surface area contributed by atoms with Crippen molar-refractivity contribution in [3.05, 3.63) is 83.8 Å². The van der Waals surface area contributed by atoms with Gasteiger partial charge in [0, 0.05) is 31.7 Å². The predicted molar refractivity (Wildman–Crippen MR) is 124 cm³/mol. The lowest BCUT2D eigenvalue weighted by Gasteiger charge is -2.35. The zero-order chi connectivity index (χ0) is 25.7. The Kier molecular flexibility index (Phi) is 7.28. The maximum Gasteiger partial charge on any atom is 0.417 e. The second kappa shape index (κ2) is 10.5. The Morgan fingerprint density at radius 3 is 2.11 bits per heavy atom. The van der Waals surface area contributed by atoms with Crippen molar-refractivity contribution >= 4 is 17.7 Å². The van der Waals surface area contributed by atoms with E-state index in [-0.39, 0.29) is 44.3 Å². The van der Waals surface area contributed by atoms with Gasteiger partial charge in [0.05, 0.1) is 35.8 Å². The monoisotopic (exact) mass is 497 g/mol. The molecule has 0 saturated carbocycles. The average molecular weight is 497 g/mol. The molecule has 4 rings (SSSR count). The number of hydrogen-bond donors (Lipinski definition) is 1. The topological polar surface area (TPSA) is 95.5 Å². The third-order valence-electron chi connectivity index (χ3n) is 5.74. The van der Waals surface area contributed by atoms with Crippen LogP contribution in [-0.2, 0) is 11.0 Å². The highest BCUT2D eigenvalue weighted by atomic mass is 19.4. The van der Waals surface area contributed by atoms with Gasteiger partial charge in [-0.15, -0.1) is 0 Å². The molecule has 0 radical (unpaired) electrons. The first-order chi connectivity index (χ1) is 17.2. The van der Waals surface area contributed by atoms with Crippen LogP contribution in [0.5, 0.6) is 0 Å². The quantitative estimate of drug-likeness (QED) is 0.585. The van der Waals surface area contributed by atoms with Gasteiger partial charge in [-0.2, -0.15) is 13.2 Å². The molecule has 0 bridgehead atoms. The van der Waals surface area contributed by atoms with Crippen LogP contribution in [-0.4, -0.2) is 70.2 Å². The van der Waals surface area contributed by atoms with Crippen LogP contribution < -0.4 is 5.32 Å². The van der Waals surface area contributed by atoms with E-state index in [1.54, 1.807) is 0 Å². The van der Waals surface area contributed by atoms with E-state index in [9.17, 15) is 27.6 Å². The molecular weight excluding hydrogens is 475 g/mol. The van der Waals surface area contributed by atoms with Crippen molar-refractivity contribution in [3.8, 4) is 11.3 Å². The zero-order valence-corrected chi connectivity index (χ0v) is 19.0. The number of piperazine rings is 1. The van der Waals surface area contributed by atoms with Crippen LogP contribution in [0.1, 0.15) is 26.4 Å². The SMILES string of the molecule is O=C(NCC(=O)N1CCN(C(=O)c2ccccc2C(F)(F)F)CC1)c1cnc(-c2ccccc2)cn1. The minimum atomic E-state index is -4.64. The summed E-state index contributed by atoms with van der Waals surface area (Å²) in [6.45, 7) is 0.153. The lowest BCUT2D eigenvalue weighted by Crippen LogP contribution is -2.52. The van der Waals surface area contributed by atoms with Gasteiger partial charge in [-0.25, -0.2) is 4.98 Å². The number of benzene rings is 2. The molecular formula is C25H22F3N5O3. The van der Waals surface area contributed by atoms with Gasteiger partial charge in [0.2, 0.25) is 5.91 Å². The Balaban J connectivity index is 1.28. The third-order valence-corrected chi connectivity index (χ3v) is 5.74. The van der Waals surface area contributed by atoms with Crippen molar-refractivity contribution in [2.75, 3.05) is 32.7 Å². The maximum atomic E-state index is 13.2. The van der Waals surface area contributed by atoms with Gasteiger partial charge >= 0.3 is 6.18 Å². The van der Waals surface area contributed by atoms with E-state index in [1.165, 1.54) is 34.3 Å². The lowest BCUT2D eigenvalue weighted by molar-refractivity contribution is -0.138. The Labute approximate surface area is 204 Å². The molecule has 1 N–H and O–H groups in total. The number of rotatable bonds is 5. The molecule has 36 heavy (non-hydrogen) atoms. The number of aromatic nitrogens is 2. The van der Waals surface area contributed by atoms with Crippen LogP contribution >= 0.6 is 0 Å². The minimum absolute atomic E-state index is 0.0567. The van der Waals surface area contributed by atoms with Crippen molar-refractivity contribution in [1.82, 2.24) is 25.1 Å². The van der Waals surface area contributed by atoms with Crippen molar-refractivity contribution in [1.29, 1.82) is 0 Å². The number of hydrogen-bond acceptors (Lipinski definition) is 5. The third kappa shape index (κ3) is 5.68. The molecule has 1 aliphatic heterocycles. The number of alkyl halides is 3. The number of halogens is 3. The summed E-state index contributed by atoms with van der Waals surface area (Å²) >= 11 is 0. The largest absolute Gasteiger partial charge is 0.417 e. The second-order valence-electron chi connectivity index (χ2n) is 8.05. The molecule has 11 heteroatoms. The highest BCUT2D eigenvalue weighted by Gasteiger charge is 2.36. The van der Waals surface area contributed by atoms with E-state index < -0.39 is 29.1 Å². The smallest absolute Gasteiger partial charge is 0.342 e. The van der Waals surface area contributed by atoms with Gasteiger partial charge in [-0.3, -0.25) is 19.4 Å². The molecule has 3 aromatic rings. The van der Waals surface area contributed by atoms with Crippen LogP contribution in [0.25, 0.3) is 11.3 Å². The summed E-state index contributed by atoms with van der Waals surface area (Å²) in [5.41, 5.74) is 0.105. The van der Waals surface area contributed by atoms with E-state index in [0.29, 0.717) is 5.69 Å². The fourth-order valence-electron chi connectivity index (χ4n) is 3.81. The summed E-state index contributed by atoms with van der Waals surface area (Å²) in [6.07, 6.45) is -1.85. The number of nitrogens with zero attached hydrogens (tertiary/aromatic N) is 4. The standard InChI is InChI=1S/C25H22F3N5O3/c26-25(27,28)19-9-5-4-8-18(19)24(36)33-12-10-32(11-13-33)22(34)16-31-23(35)21-15-29-20(14-30-21)17-6-2-1-3-7-17/h1-9,14-15H,10-13,16H2,(H,31,35). The van der Waals surface area contributed by atoms with Crippen LogP contribution in [0.2, 0.25) is 0 Å². The van der Waals surface area contributed by atoms with Gasteiger partial charge in [-0.1, -0.05) is 42.5 Å². The van der Waals surface area contributed by atoms with E-state index in [4.69, 9.17) is 0 Å². The number of carbonyl (C=O) groups is 3. The molecule has 1 aliphatic rings. The Hall–Kier alpha value is -4.28. The summed E-state index contributed by atoms with van der Waals surface area (Å²) < 4.78 is 39.7. The molecule has 3 amide bonds. The fraction of sp³-hybridized carbons (Fsp3) is 0.240. The van der Waals surface area contributed by atoms with Crippen LogP contribution in [0.4, 0.5) is 13.2 Å². The van der Waals surface area contributed by atoms with Crippen molar-refractivity contribution in [3.63, 3.8) is 0 Å². The first-order valence-corrected chi connectivity index (χ1v) is 11.1. The van der Waals surface area contributed by atoms with Gasteiger partial charge < -0.3 is 15.1 Å². The maximum absolute atomic E-state index is 13.2. The summed E-state index contributed by atoms with van der Waals surface area (Å²) in [6, 6.07) is 14.0. The molecule has 8 nitrogen and oxygen atoms in total. The lowest BCUT2D eigenvalue weighted by atomic mass is 10.1. The van der Waals surface area contributed by atoms with E-state index in [2.05, 4.69) is 15.3 Å². The zero-order valence-electron chi connectivity index (χ0n) is 19.0. The first kappa shape index (κ1) is 24.8. The molecule has 1 fully saturated rings. The molecule has 186 valence electrons. The predicted octanol–water partition coefficient (Wildman–Crippen LogP) is 2.88. The Morgan fingerprint density at radius 2 is 1.47 bits per heavy atom. The molecule has 2 aromatic carbocycles. The minimum Gasteiger partial charge on any atom is -0.342 e. The molecule has 1 aromatic heterocycles. The van der Waals surface area contributed by atoms with E-state index >= 15 is 0 Å². The summed E-state index contributed by atoms with van der Waals surface area (Å²) in [5, 5.41) is 2.50. The van der Waals surface area contributed by atoms with E-state index in [1.807, 2.05) is 30.3 Å². The van der Waals surface area contributed by atoms with Gasteiger partial charge in [0.1, 0.15) is 5.69 Å². The van der Waals surface area contributed by atoms with Gasteiger partial charge in [-0.05, 0) is 12.1 Å². The molecule has 0 aliphatic carbocycles. The van der Waals surface area contributed by atoms with Crippen molar-refractivity contribution < 1.29 is 27.6 Å². The Bertz CT molecular complexity index is 1240. The first-order valence-electron chi connectivity index (χ1n) is 11.1. The summed E-state index contributed by atoms with van der Waals surface area (Å²) in [4.78, 5) is 48.6. The number of carbonyl (C=O) groups excluding carboxylic acids is 3. The average Bonchev–Trinajstić information content (AvgIpc) is 2.91. The van der Waals surface area contributed by atoms with E-state index in [0.717, 1.165) is 17.7 Å². The summed E-state index contributed by atoms with van der Waals surface area (Å²) in [5.74, 6) is -1.67. The van der Waals surface area contributed by atoms with Crippen molar-refractivity contribution in [2.24, 2.45) is 0 Å².